The van der Waals surface area contributed by atoms with Crippen LogP contribution in [0.25, 0.3) is 0 Å². The van der Waals surface area contributed by atoms with Gasteiger partial charge < -0.3 is 10.2 Å². The predicted octanol–water partition coefficient (Wildman–Crippen LogP) is 3.35. The van der Waals surface area contributed by atoms with Crippen molar-refractivity contribution in [3.63, 3.8) is 0 Å². The molecule has 19 heavy (non-hydrogen) atoms. The molecular formula is C15H26Cl2N2. The fraction of sp³-hybridized carbons (Fsp3) is 0.600. The van der Waals surface area contributed by atoms with Crippen molar-refractivity contribution in [3.8, 4) is 0 Å². The van der Waals surface area contributed by atoms with Crippen LogP contribution in [-0.2, 0) is 6.54 Å². The van der Waals surface area contributed by atoms with E-state index in [0.29, 0.717) is 0 Å². The summed E-state index contributed by atoms with van der Waals surface area (Å²) in [6, 6.07) is 10.7. The standard InChI is InChI=1S/C15H24N2.2ClH/c1-17(13-15-5-3-2-4-6-15)12-9-14-7-10-16-11-8-14;;/h2-6,14,16H,7-13H2,1H3;2*1H. The highest BCUT2D eigenvalue weighted by Crippen LogP contribution is 2.16. The molecule has 1 heterocycles. The Morgan fingerprint density at radius 1 is 1.11 bits per heavy atom. The molecule has 110 valence electrons. The molecule has 0 aromatic heterocycles. The minimum absolute atomic E-state index is 0. The summed E-state index contributed by atoms with van der Waals surface area (Å²) >= 11 is 0. The van der Waals surface area contributed by atoms with Crippen LogP contribution < -0.4 is 5.32 Å². The molecule has 2 nitrogen and oxygen atoms in total. The van der Waals surface area contributed by atoms with Crippen molar-refractivity contribution in [2.45, 2.75) is 25.8 Å². The Labute approximate surface area is 129 Å². The second-order valence-electron chi connectivity index (χ2n) is 5.21. The first kappa shape index (κ1) is 18.7. The molecule has 0 radical (unpaired) electrons. The van der Waals surface area contributed by atoms with Crippen molar-refractivity contribution in [2.75, 3.05) is 26.7 Å². The number of nitrogens with zero attached hydrogens (tertiary/aromatic N) is 1. The molecule has 1 aromatic carbocycles. The van der Waals surface area contributed by atoms with E-state index < -0.39 is 0 Å². The summed E-state index contributed by atoms with van der Waals surface area (Å²) in [7, 11) is 2.23. The maximum absolute atomic E-state index is 3.43. The van der Waals surface area contributed by atoms with Gasteiger partial charge in [-0.1, -0.05) is 30.3 Å². The van der Waals surface area contributed by atoms with Crippen LogP contribution in [0.15, 0.2) is 30.3 Å². The SMILES string of the molecule is CN(CCC1CCNCC1)Cc1ccccc1.Cl.Cl. The zero-order valence-corrected chi connectivity index (χ0v) is 13.3. The molecular weight excluding hydrogens is 279 g/mol. The van der Waals surface area contributed by atoms with Crippen molar-refractivity contribution < 1.29 is 0 Å². The van der Waals surface area contributed by atoms with Crippen LogP contribution >= 0.6 is 24.8 Å². The monoisotopic (exact) mass is 304 g/mol. The second kappa shape index (κ2) is 10.5. The van der Waals surface area contributed by atoms with Crippen molar-refractivity contribution >= 4 is 24.8 Å². The van der Waals surface area contributed by atoms with Gasteiger partial charge in [0.1, 0.15) is 0 Å². The number of piperidine rings is 1. The Morgan fingerprint density at radius 2 is 1.74 bits per heavy atom. The Bertz CT molecular complexity index is 313. The maximum atomic E-state index is 3.43. The van der Waals surface area contributed by atoms with E-state index in [2.05, 4.69) is 47.6 Å². The summed E-state index contributed by atoms with van der Waals surface area (Å²) in [5, 5.41) is 3.43. The summed E-state index contributed by atoms with van der Waals surface area (Å²) < 4.78 is 0. The molecule has 1 aliphatic heterocycles. The average molecular weight is 305 g/mol. The molecule has 0 saturated carbocycles. The number of benzene rings is 1. The van der Waals surface area contributed by atoms with Gasteiger partial charge in [0, 0.05) is 6.54 Å². The Balaban J connectivity index is 0.00000162. The van der Waals surface area contributed by atoms with Gasteiger partial charge in [-0.2, -0.15) is 0 Å². The maximum Gasteiger partial charge on any atom is 0.0230 e. The zero-order chi connectivity index (χ0) is 11.9. The van der Waals surface area contributed by atoms with Crippen LogP contribution in [0.4, 0.5) is 0 Å². The molecule has 4 heteroatoms. The Hall–Kier alpha value is -0.280. The molecule has 1 N–H and O–H groups in total. The van der Waals surface area contributed by atoms with Gasteiger partial charge in [0.2, 0.25) is 0 Å². The van der Waals surface area contributed by atoms with Crippen LogP contribution in [0.3, 0.4) is 0 Å². The average Bonchev–Trinajstić information content (AvgIpc) is 2.39. The van der Waals surface area contributed by atoms with Crippen LogP contribution in [-0.4, -0.2) is 31.6 Å². The van der Waals surface area contributed by atoms with E-state index in [-0.39, 0.29) is 24.8 Å². The van der Waals surface area contributed by atoms with Crippen LogP contribution in [0.2, 0.25) is 0 Å². The predicted molar refractivity (Wildman–Crippen MR) is 87.5 cm³/mol. The fourth-order valence-corrected chi connectivity index (χ4v) is 2.55. The third-order valence-corrected chi connectivity index (χ3v) is 3.67. The van der Waals surface area contributed by atoms with Crippen molar-refractivity contribution in [1.82, 2.24) is 10.2 Å². The molecule has 0 atom stereocenters. The molecule has 1 aromatic rings. The van der Waals surface area contributed by atoms with Crippen LogP contribution in [0.1, 0.15) is 24.8 Å². The van der Waals surface area contributed by atoms with Crippen LogP contribution in [0.5, 0.6) is 0 Å². The molecule has 0 bridgehead atoms. The van der Waals surface area contributed by atoms with E-state index in [4.69, 9.17) is 0 Å². The first-order chi connectivity index (χ1) is 8.34. The number of hydrogen-bond acceptors (Lipinski definition) is 2. The van der Waals surface area contributed by atoms with Gasteiger partial charge >= 0.3 is 0 Å². The van der Waals surface area contributed by atoms with Gasteiger partial charge in [-0.3, -0.25) is 0 Å². The molecule has 1 aliphatic rings. The highest BCUT2D eigenvalue weighted by Gasteiger charge is 2.13. The minimum atomic E-state index is 0. The summed E-state index contributed by atoms with van der Waals surface area (Å²) in [4.78, 5) is 2.44. The fourth-order valence-electron chi connectivity index (χ4n) is 2.55. The van der Waals surface area contributed by atoms with Gasteiger partial charge in [0.25, 0.3) is 0 Å². The quantitative estimate of drug-likeness (QED) is 0.897. The second-order valence-corrected chi connectivity index (χ2v) is 5.21. The molecule has 0 aliphatic carbocycles. The van der Waals surface area contributed by atoms with Crippen LogP contribution in [0, 0.1) is 5.92 Å². The molecule has 1 fully saturated rings. The molecule has 0 unspecified atom stereocenters. The molecule has 0 spiro atoms. The third kappa shape index (κ3) is 7.17. The zero-order valence-electron chi connectivity index (χ0n) is 11.7. The highest BCUT2D eigenvalue weighted by molar-refractivity contribution is 5.85. The van der Waals surface area contributed by atoms with E-state index in [1.165, 1.54) is 44.5 Å². The van der Waals surface area contributed by atoms with E-state index >= 15 is 0 Å². The van der Waals surface area contributed by atoms with Gasteiger partial charge in [0.05, 0.1) is 0 Å². The van der Waals surface area contributed by atoms with Gasteiger partial charge in [-0.15, -0.1) is 24.8 Å². The number of halogens is 2. The van der Waals surface area contributed by atoms with Crippen molar-refractivity contribution in [2.24, 2.45) is 5.92 Å². The van der Waals surface area contributed by atoms with E-state index in [1.54, 1.807) is 0 Å². The van der Waals surface area contributed by atoms with E-state index in [1.807, 2.05) is 0 Å². The van der Waals surface area contributed by atoms with E-state index in [9.17, 15) is 0 Å². The molecule has 0 amide bonds. The highest BCUT2D eigenvalue weighted by atomic mass is 35.5. The van der Waals surface area contributed by atoms with Crippen molar-refractivity contribution in [1.29, 1.82) is 0 Å². The first-order valence-corrected chi connectivity index (χ1v) is 6.78. The first-order valence-electron chi connectivity index (χ1n) is 6.78. The lowest BCUT2D eigenvalue weighted by Gasteiger charge is -2.25. The summed E-state index contributed by atoms with van der Waals surface area (Å²) in [6.45, 7) is 4.73. The number of rotatable bonds is 5. The number of nitrogens with one attached hydrogen (secondary N) is 1. The normalized spacial score (nSPS) is 15.7. The third-order valence-electron chi connectivity index (χ3n) is 3.67. The Kier molecular flexibility index (Phi) is 10.3. The minimum Gasteiger partial charge on any atom is -0.317 e. The lowest BCUT2D eigenvalue weighted by molar-refractivity contribution is 0.266. The number of hydrogen-bond donors (Lipinski definition) is 1. The van der Waals surface area contributed by atoms with Gasteiger partial charge in [0.15, 0.2) is 0 Å². The Morgan fingerprint density at radius 3 is 2.37 bits per heavy atom. The summed E-state index contributed by atoms with van der Waals surface area (Å²) in [6.07, 6.45) is 4.07. The summed E-state index contributed by atoms with van der Waals surface area (Å²) in [5.41, 5.74) is 1.42. The smallest absolute Gasteiger partial charge is 0.0230 e. The van der Waals surface area contributed by atoms with E-state index in [0.717, 1.165) is 12.5 Å². The topological polar surface area (TPSA) is 15.3 Å². The molecule has 1 saturated heterocycles. The van der Waals surface area contributed by atoms with Crippen molar-refractivity contribution in [3.05, 3.63) is 35.9 Å². The molecule has 2 rings (SSSR count). The lowest BCUT2D eigenvalue weighted by Crippen LogP contribution is -2.30. The van der Waals surface area contributed by atoms with Gasteiger partial charge in [-0.05, 0) is 57.4 Å². The van der Waals surface area contributed by atoms with Gasteiger partial charge in [-0.25, -0.2) is 0 Å². The lowest BCUT2D eigenvalue weighted by atomic mass is 9.94. The summed E-state index contributed by atoms with van der Waals surface area (Å²) in [5.74, 6) is 0.939. The largest absolute Gasteiger partial charge is 0.317 e.